The van der Waals surface area contributed by atoms with Gasteiger partial charge in [-0.25, -0.2) is 0 Å². The summed E-state index contributed by atoms with van der Waals surface area (Å²) >= 11 is 0. The van der Waals surface area contributed by atoms with Gasteiger partial charge in [-0.3, -0.25) is 0 Å². The van der Waals surface area contributed by atoms with Crippen molar-refractivity contribution < 1.29 is 94.8 Å². The quantitative estimate of drug-likeness (QED) is 0.0773. The predicted molar refractivity (Wildman–Crippen MR) is 235 cm³/mol. The van der Waals surface area contributed by atoms with Crippen LogP contribution in [-0.2, 0) is 28.4 Å². The lowest BCUT2D eigenvalue weighted by atomic mass is 9.35. The molecule has 7 aliphatic rings. The van der Waals surface area contributed by atoms with Crippen LogP contribution in [0, 0.1) is 45.3 Å². The molecule has 1 unspecified atom stereocenters. The number of rotatable bonds is 13. The number of hydrogen-bond acceptors (Lipinski definition) is 19. The highest BCUT2D eigenvalue weighted by atomic mass is 16.8. The molecule has 4 aliphatic carbocycles. The molecule has 388 valence electrons. The van der Waals surface area contributed by atoms with E-state index >= 15 is 0 Å². The normalized spacial score (nSPS) is 52.9. The predicted octanol–water partition coefficient (Wildman–Crippen LogP) is -1.06. The van der Waals surface area contributed by atoms with Crippen LogP contribution in [0.2, 0.25) is 0 Å². The molecule has 26 atom stereocenters. The first-order valence-corrected chi connectivity index (χ1v) is 24.5. The number of aliphatic hydroxyl groups excluding tert-OH is 13. The van der Waals surface area contributed by atoms with Crippen molar-refractivity contribution in [1.82, 2.24) is 0 Å². The zero-order valence-electron chi connectivity index (χ0n) is 40.3. The third kappa shape index (κ3) is 9.03. The highest BCUT2D eigenvalue weighted by molar-refractivity contribution is 5.21. The van der Waals surface area contributed by atoms with Crippen molar-refractivity contribution in [3.8, 4) is 0 Å². The molecule has 0 bridgehead atoms. The van der Waals surface area contributed by atoms with Gasteiger partial charge in [-0.2, -0.15) is 0 Å². The summed E-state index contributed by atoms with van der Waals surface area (Å²) in [5.74, 6) is -0.628. The van der Waals surface area contributed by atoms with Crippen LogP contribution in [0.3, 0.4) is 0 Å². The van der Waals surface area contributed by atoms with Gasteiger partial charge in [-0.05, 0) is 117 Å². The maximum Gasteiger partial charge on any atom is 0.187 e. The fraction of sp³-hybridized carbons (Fsp3) is 0.958. The lowest BCUT2D eigenvalue weighted by Gasteiger charge is -2.71. The summed E-state index contributed by atoms with van der Waals surface area (Å²) in [6, 6.07) is 0. The van der Waals surface area contributed by atoms with Gasteiger partial charge < -0.3 is 94.8 Å². The van der Waals surface area contributed by atoms with E-state index < -0.39 is 152 Å². The maximum absolute atomic E-state index is 12.7. The molecule has 19 nitrogen and oxygen atoms in total. The molecular weight excluding hydrogens is 881 g/mol. The van der Waals surface area contributed by atoms with Gasteiger partial charge in [0.15, 0.2) is 18.9 Å². The van der Waals surface area contributed by atoms with E-state index in [9.17, 15) is 66.4 Å². The monoisotopic (exact) mass is 963 g/mol. The van der Waals surface area contributed by atoms with Gasteiger partial charge in [0.2, 0.25) is 0 Å². The van der Waals surface area contributed by atoms with Crippen molar-refractivity contribution in [2.24, 2.45) is 45.3 Å². The Labute approximate surface area is 393 Å². The standard InChI is InChI=1S/C48H82O19/c1-21(2)10-9-13-48(8,67-42-38(61)35(58)32(55)26(19-50)63-42)22-11-14-47(7)30(22)23(52)16-29-45(5)17-24(53)40(44(3,4)28(45)12-15-46(29,47)6)66-43-39(36(59)33(56)27(20-51)64-43)65-41-37(60)34(57)31(54)25(18-49)62-41/h10,22-43,49-61H,9,11-20H2,1-8H3/t22-,23+,24+,25+,26+,27+,28-,29+,30-,31+,32+,33+,34-,35-,36-,37+,38+,39+,40-,41-,42-,43-,45-,46+,47+,48?/m0/s1. The van der Waals surface area contributed by atoms with Gasteiger partial charge in [0.05, 0.1) is 43.7 Å². The second-order valence-corrected chi connectivity index (χ2v) is 23.1. The molecule has 0 aromatic heterocycles. The van der Waals surface area contributed by atoms with Gasteiger partial charge in [-0.15, -0.1) is 0 Å². The molecule has 3 saturated heterocycles. The molecule has 3 heterocycles. The first kappa shape index (κ1) is 53.8. The Morgan fingerprint density at radius 3 is 1.70 bits per heavy atom. The van der Waals surface area contributed by atoms with Crippen LogP contribution in [0.1, 0.15) is 107 Å². The summed E-state index contributed by atoms with van der Waals surface area (Å²) in [7, 11) is 0. The zero-order chi connectivity index (χ0) is 49.5. The summed E-state index contributed by atoms with van der Waals surface area (Å²) in [6.45, 7) is 14.7. The minimum Gasteiger partial charge on any atom is -0.394 e. The fourth-order valence-electron chi connectivity index (χ4n) is 15.0. The van der Waals surface area contributed by atoms with Crippen molar-refractivity contribution in [3.63, 3.8) is 0 Å². The molecular formula is C48H82O19. The van der Waals surface area contributed by atoms with E-state index in [1.807, 2.05) is 34.6 Å². The van der Waals surface area contributed by atoms with Crippen molar-refractivity contribution in [3.05, 3.63) is 11.6 Å². The second-order valence-electron chi connectivity index (χ2n) is 23.1. The summed E-state index contributed by atoms with van der Waals surface area (Å²) in [5.41, 5.74) is -1.96. The fourth-order valence-corrected chi connectivity index (χ4v) is 15.0. The molecule has 3 aliphatic heterocycles. The Morgan fingerprint density at radius 1 is 0.612 bits per heavy atom. The van der Waals surface area contributed by atoms with Crippen LogP contribution in [0.4, 0.5) is 0 Å². The van der Waals surface area contributed by atoms with Crippen molar-refractivity contribution in [1.29, 1.82) is 0 Å². The lowest BCUT2D eigenvalue weighted by Crippen LogP contribution is -2.70. The topological polar surface area (TPSA) is 318 Å². The van der Waals surface area contributed by atoms with E-state index in [1.54, 1.807) is 0 Å². The smallest absolute Gasteiger partial charge is 0.187 e. The molecule has 7 fully saturated rings. The van der Waals surface area contributed by atoms with E-state index in [2.05, 4.69) is 26.8 Å². The van der Waals surface area contributed by atoms with Gasteiger partial charge in [0, 0.05) is 0 Å². The van der Waals surface area contributed by atoms with Gasteiger partial charge in [0.1, 0.15) is 73.2 Å². The molecule has 19 heteroatoms. The van der Waals surface area contributed by atoms with Gasteiger partial charge >= 0.3 is 0 Å². The van der Waals surface area contributed by atoms with E-state index in [0.717, 1.165) is 24.8 Å². The summed E-state index contributed by atoms with van der Waals surface area (Å²) in [5, 5.41) is 141. The van der Waals surface area contributed by atoms with Crippen molar-refractivity contribution >= 4 is 0 Å². The molecule has 0 aromatic carbocycles. The first-order valence-electron chi connectivity index (χ1n) is 24.5. The number of ether oxygens (including phenoxy) is 6. The Bertz CT molecular complexity index is 1710. The van der Waals surface area contributed by atoms with E-state index in [0.29, 0.717) is 25.7 Å². The van der Waals surface area contributed by atoms with Crippen molar-refractivity contribution in [2.75, 3.05) is 19.8 Å². The van der Waals surface area contributed by atoms with Crippen LogP contribution in [0.25, 0.3) is 0 Å². The van der Waals surface area contributed by atoms with Crippen LogP contribution in [-0.4, -0.2) is 202 Å². The summed E-state index contributed by atoms with van der Waals surface area (Å²) in [4.78, 5) is 0. The molecule has 67 heavy (non-hydrogen) atoms. The maximum atomic E-state index is 12.7. The van der Waals surface area contributed by atoms with Gasteiger partial charge in [0.25, 0.3) is 0 Å². The minimum atomic E-state index is -1.85. The Morgan fingerprint density at radius 2 is 1.13 bits per heavy atom. The Kier molecular flexibility index (Phi) is 15.9. The van der Waals surface area contributed by atoms with Gasteiger partial charge in [-0.1, -0.05) is 46.3 Å². The molecule has 0 aromatic rings. The Balaban J connectivity index is 1.15. The van der Waals surface area contributed by atoms with E-state index in [-0.39, 0.29) is 35.5 Å². The molecule has 7 rings (SSSR count). The molecule has 0 spiro atoms. The van der Waals surface area contributed by atoms with E-state index in [4.69, 9.17) is 28.4 Å². The van der Waals surface area contributed by atoms with Crippen LogP contribution in [0.15, 0.2) is 11.6 Å². The summed E-state index contributed by atoms with van der Waals surface area (Å²) in [6.07, 6.45) is -19.6. The number of fused-ring (bicyclic) bond motifs is 5. The number of allylic oxidation sites excluding steroid dienone is 2. The third-order valence-electron chi connectivity index (χ3n) is 18.7. The second kappa shape index (κ2) is 19.8. The number of hydrogen-bond donors (Lipinski definition) is 13. The third-order valence-corrected chi connectivity index (χ3v) is 18.7. The van der Waals surface area contributed by atoms with Crippen LogP contribution in [0.5, 0.6) is 0 Å². The average Bonchev–Trinajstić information content (AvgIpc) is 3.65. The van der Waals surface area contributed by atoms with E-state index in [1.165, 1.54) is 0 Å². The van der Waals surface area contributed by atoms with Crippen molar-refractivity contribution in [2.45, 2.75) is 223 Å². The summed E-state index contributed by atoms with van der Waals surface area (Å²) < 4.78 is 36.9. The SMILES string of the molecule is CC(C)=CCCC(C)(O[C@@H]1O[C@H](CO)[C@@H](O)[C@H](O)[C@H]1O)[C@H]1CC[C@]2(C)[C@@H]1[C@H](O)C[C@@H]1[C@@]3(C)C[C@@H](O)[C@H](O[C@@H]4O[C@H](CO)[C@@H](O)[C@H](O)[C@H]4O[C@@H]4O[C@H](CO)[C@@H](O)[C@H](O)[C@H]4O)C(C)(C)[C@@H]3CC[C@]12C. The molecule has 0 radical (unpaired) electrons. The zero-order valence-corrected chi connectivity index (χ0v) is 40.3. The largest absolute Gasteiger partial charge is 0.394 e. The highest BCUT2D eigenvalue weighted by Gasteiger charge is 2.73. The highest BCUT2D eigenvalue weighted by Crippen LogP contribution is 2.76. The number of aliphatic hydroxyl groups is 13. The molecule has 4 saturated carbocycles. The minimum absolute atomic E-state index is 0.0733. The molecule has 13 N–H and O–H groups in total. The average molecular weight is 963 g/mol. The Hall–Kier alpha value is -1.02. The van der Waals surface area contributed by atoms with Crippen LogP contribution < -0.4 is 0 Å². The van der Waals surface area contributed by atoms with Crippen LogP contribution >= 0.6 is 0 Å². The first-order chi connectivity index (χ1) is 31.3. The molecule has 0 amide bonds. The lowest BCUT2D eigenvalue weighted by molar-refractivity contribution is -0.383.